The van der Waals surface area contributed by atoms with E-state index in [1.54, 1.807) is 12.3 Å². The summed E-state index contributed by atoms with van der Waals surface area (Å²) in [7, 11) is 0. The quantitative estimate of drug-likeness (QED) is 0.777. The van der Waals surface area contributed by atoms with Crippen molar-refractivity contribution in [1.29, 1.82) is 0 Å². The smallest absolute Gasteiger partial charge is 0.245 e. The number of fused-ring (bicyclic) bond motifs is 1. The fourth-order valence-corrected chi connectivity index (χ4v) is 3.38. The van der Waals surface area contributed by atoms with Gasteiger partial charge in [-0.3, -0.25) is 9.78 Å². The van der Waals surface area contributed by atoms with Crippen molar-refractivity contribution in [2.24, 2.45) is 0 Å². The Bertz CT molecular complexity index is 955. The summed E-state index contributed by atoms with van der Waals surface area (Å²) >= 11 is 0. The Balaban J connectivity index is 1.50. The number of carbonyl (C=O) groups excluding carboxylic acids is 1. The van der Waals surface area contributed by atoms with E-state index < -0.39 is 0 Å². The molecule has 132 valence electrons. The van der Waals surface area contributed by atoms with Crippen molar-refractivity contribution in [3.8, 4) is 0 Å². The summed E-state index contributed by atoms with van der Waals surface area (Å²) in [4.78, 5) is 18.8. The van der Waals surface area contributed by atoms with Crippen LogP contribution in [-0.2, 0) is 11.3 Å². The highest BCUT2D eigenvalue weighted by Crippen LogP contribution is 2.25. The SMILES string of the molecule is Cc1ccc(CN2CCC(Nc3ccnc4cc(F)ccc34)C2=O)cc1. The van der Waals surface area contributed by atoms with E-state index in [-0.39, 0.29) is 17.8 Å². The van der Waals surface area contributed by atoms with Gasteiger partial charge in [-0.25, -0.2) is 4.39 Å². The molecule has 4 nitrogen and oxygen atoms in total. The second-order valence-corrected chi connectivity index (χ2v) is 6.75. The van der Waals surface area contributed by atoms with E-state index in [1.165, 1.54) is 17.7 Å². The van der Waals surface area contributed by atoms with Crippen LogP contribution < -0.4 is 5.32 Å². The number of hydrogen-bond acceptors (Lipinski definition) is 3. The van der Waals surface area contributed by atoms with Crippen molar-refractivity contribution in [2.75, 3.05) is 11.9 Å². The van der Waals surface area contributed by atoms with Gasteiger partial charge < -0.3 is 10.2 Å². The van der Waals surface area contributed by atoms with Gasteiger partial charge in [0.05, 0.1) is 5.52 Å². The third-order valence-corrected chi connectivity index (χ3v) is 4.83. The van der Waals surface area contributed by atoms with Crippen molar-refractivity contribution in [3.05, 3.63) is 71.7 Å². The zero-order valence-electron chi connectivity index (χ0n) is 14.6. The fraction of sp³-hybridized carbons (Fsp3) is 0.238. The van der Waals surface area contributed by atoms with Crippen molar-refractivity contribution in [3.63, 3.8) is 0 Å². The van der Waals surface area contributed by atoms with Crippen LogP contribution in [0, 0.1) is 12.7 Å². The topological polar surface area (TPSA) is 45.2 Å². The molecule has 2 aromatic carbocycles. The number of pyridine rings is 1. The van der Waals surface area contributed by atoms with Gasteiger partial charge in [-0.2, -0.15) is 0 Å². The number of amides is 1. The van der Waals surface area contributed by atoms with Crippen molar-refractivity contribution >= 4 is 22.5 Å². The average Bonchev–Trinajstić information content (AvgIpc) is 2.97. The molecule has 0 bridgehead atoms. The second kappa shape index (κ2) is 6.75. The molecule has 2 heterocycles. The molecule has 0 radical (unpaired) electrons. The van der Waals surface area contributed by atoms with Crippen LogP contribution in [0.4, 0.5) is 10.1 Å². The Morgan fingerprint density at radius 2 is 2.00 bits per heavy atom. The van der Waals surface area contributed by atoms with Crippen LogP contribution in [0.5, 0.6) is 0 Å². The number of hydrogen-bond donors (Lipinski definition) is 1. The number of rotatable bonds is 4. The molecular weight excluding hydrogens is 329 g/mol. The highest BCUT2D eigenvalue weighted by atomic mass is 19.1. The van der Waals surface area contributed by atoms with Crippen LogP contribution in [0.25, 0.3) is 10.9 Å². The fourth-order valence-electron chi connectivity index (χ4n) is 3.38. The first kappa shape index (κ1) is 16.5. The van der Waals surface area contributed by atoms with Gasteiger partial charge in [-0.1, -0.05) is 29.8 Å². The molecule has 1 amide bonds. The van der Waals surface area contributed by atoms with Gasteiger partial charge in [-0.05, 0) is 37.1 Å². The van der Waals surface area contributed by atoms with E-state index in [9.17, 15) is 9.18 Å². The first-order valence-corrected chi connectivity index (χ1v) is 8.75. The largest absolute Gasteiger partial charge is 0.373 e. The van der Waals surface area contributed by atoms with E-state index in [0.717, 1.165) is 29.6 Å². The van der Waals surface area contributed by atoms with Crippen LogP contribution in [0.15, 0.2) is 54.7 Å². The average molecular weight is 349 g/mol. The molecule has 0 saturated carbocycles. The molecule has 0 aliphatic carbocycles. The molecule has 1 aliphatic rings. The number of halogens is 1. The van der Waals surface area contributed by atoms with Gasteiger partial charge in [0, 0.05) is 36.4 Å². The van der Waals surface area contributed by atoms with Gasteiger partial charge in [0.25, 0.3) is 0 Å². The summed E-state index contributed by atoms with van der Waals surface area (Å²) in [5, 5.41) is 4.14. The Kier molecular flexibility index (Phi) is 4.29. The summed E-state index contributed by atoms with van der Waals surface area (Å²) in [6.07, 6.45) is 2.38. The minimum absolute atomic E-state index is 0.0950. The maximum absolute atomic E-state index is 13.4. The molecule has 1 saturated heterocycles. The highest BCUT2D eigenvalue weighted by molar-refractivity contribution is 5.94. The maximum Gasteiger partial charge on any atom is 0.245 e. The molecule has 26 heavy (non-hydrogen) atoms. The van der Waals surface area contributed by atoms with Crippen LogP contribution in [0.3, 0.4) is 0 Å². The molecule has 3 aromatic rings. The lowest BCUT2D eigenvalue weighted by Crippen LogP contribution is -2.33. The van der Waals surface area contributed by atoms with E-state index in [2.05, 4.69) is 41.5 Å². The number of likely N-dealkylation sites (tertiary alicyclic amines) is 1. The number of nitrogens with one attached hydrogen (secondary N) is 1. The normalized spacial score (nSPS) is 17.1. The number of aromatic nitrogens is 1. The molecule has 1 aromatic heterocycles. The first-order valence-electron chi connectivity index (χ1n) is 8.75. The molecule has 1 fully saturated rings. The van der Waals surface area contributed by atoms with Gasteiger partial charge >= 0.3 is 0 Å². The predicted molar refractivity (Wildman–Crippen MR) is 100 cm³/mol. The second-order valence-electron chi connectivity index (χ2n) is 6.75. The Morgan fingerprint density at radius 1 is 1.19 bits per heavy atom. The third-order valence-electron chi connectivity index (χ3n) is 4.83. The van der Waals surface area contributed by atoms with Crippen molar-refractivity contribution < 1.29 is 9.18 Å². The summed E-state index contributed by atoms with van der Waals surface area (Å²) in [6.45, 7) is 3.40. The molecule has 0 spiro atoms. The summed E-state index contributed by atoms with van der Waals surface area (Å²) < 4.78 is 13.4. The van der Waals surface area contributed by atoms with E-state index >= 15 is 0 Å². The monoisotopic (exact) mass is 349 g/mol. The zero-order valence-corrected chi connectivity index (χ0v) is 14.6. The lowest BCUT2D eigenvalue weighted by molar-refractivity contribution is -0.128. The number of carbonyl (C=O) groups is 1. The van der Waals surface area contributed by atoms with Crippen LogP contribution in [0.2, 0.25) is 0 Å². The molecular formula is C21H20FN3O. The molecule has 1 aliphatic heterocycles. The van der Waals surface area contributed by atoms with Crippen LogP contribution >= 0.6 is 0 Å². The van der Waals surface area contributed by atoms with Gasteiger partial charge in [0.15, 0.2) is 0 Å². The number of aryl methyl sites for hydroxylation is 1. The highest BCUT2D eigenvalue weighted by Gasteiger charge is 2.31. The van der Waals surface area contributed by atoms with Crippen LogP contribution in [0.1, 0.15) is 17.5 Å². The van der Waals surface area contributed by atoms with Gasteiger partial charge in [0.1, 0.15) is 11.9 Å². The van der Waals surface area contributed by atoms with E-state index in [4.69, 9.17) is 0 Å². The lowest BCUT2D eigenvalue weighted by Gasteiger charge is -2.18. The molecule has 5 heteroatoms. The Morgan fingerprint density at radius 3 is 2.81 bits per heavy atom. The molecule has 4 rings (SSSR count). The van der Waals surface area contributed by atoms with Gasteiger partial charge in [-0.15, -0.1) is 0 Å². The third kappa shape index (κ3) is 3.25. The lowest BCUT2D eigenvalue weighted by atomic mass is 10.1. The van der Waals surface area contributed by atoms with Gasteiger partial charge in [0.2, 0.25) is 5.91 Å². The summed E-state index contributed by atoms with van der Waals surface area (Å²) in [5.74, 6) is -0.221. The van der Waals surface area contributed by atoms with E-state index in [0.29, 0.717) is 12.1 Å². The minimum atomic E-state index is -0.316. The first-order chi connectivity index (χ1) is 12.6. The molecule has 1 atom stereocenters. The number of nitrogens with zero attached hydrogens (tertiary/aromatic N) is 2. The number of benzene rings is 2. The Labute approximate surface area is 151 Å². The van der Waals surface area contributed by atoms with E-state index in [1.807, 2.05) is 11.0 Å². The molecule has 1 unspecified atom stereocenters. The summed E-state index contributed by atoms with van der Waals surface area (Å²) in [5.41, 5.74) is 3.74. The summed E-state index contributed by atoms with van der Waals surface area (Å²) in [6, 6.07) is 14.3. The van der Waals surface area contributed by atoms with Crippen LogP contribution in [-0.4, -0.2) is 28.4 Å². The predicted octanol–water partition coefficient (Wildman–Crippen LogP) is 3.90. The number of anilines is 1. The minimum Gasteiger partial charge on any atom is -0.373 e. The zero-order chi connectivity index (χ0) is 18.1. The van der Waals surface area contributed by atoms with Crippen molar-refractivity contribution in [1.82, 2.24) is 9.88 Å². The standard InChI is InChI=1S/C21H20FN3O/c1-14-2-4-15(5-3-14)13-25-11-9-19(21(25)26)24-18-8-10-23-20-12-16(22)6-7-17(18)20/h2-8,10,12,19H,9,11,13H2,1H3,(H,23,24). The maximum atomic E-state index is 13.4. The molecule has 1 N–H and O–H groups in total. The van der Waals surface area contributed by atoms with Crippen molar-refractivity contribution in [2.45, 2.75) is 25.9 Å². The Hall–Kier alpha value is -2.95.